The Balaban J connectivity index is 1.74. The normalized spacial score (nSPS) is 53.0. The first kappa shape index (κ1) is 15.0. The average Bonchev–Trinajstić information content (AvgIpc) is 3.36. The Morgan fingerprint density at radius 2 is 2.13 bits per heavy atom. The molecule has 0 bridgehead atoms. The van der Waals surface area contributed by atoms with Crippen LogP contribution in [0.3, 0.4) is 0 Å². The van der Waals surface area contributed by atoms with E-state index in [-0.39, 0.29) is 36.0 Å². The van der Waals surface area contributed by atoms with Crippen molar-refractivity contribution in [2.75, 3.05) is 0 Å². The summed E-state index contributed by atoms with van der Waals surface area (Å²) in [6.07, 6.45) is 2.02. The van der Waals surface area contributed by atoms with Gasteiger partial charge in [0.2, 0.25) is 0 Å². The van der Waals surface area contributed by atoms with Crippen LogP contribution in [-0.2, 0) is 28.6 Å². The first-order chi connectivity index (χ1) is 10.7. The van der Waals surface area contributed by atoms with Crippen molar-refractivity contribution < 1.29 is 28.6 Å². The van der Waals surface area contributed by atoms with Crippen molar-refractivity contribution in [3.8, 4) is 0 Å². The van der Waals surface area contributed by atoms with Crippen molar-refractivity contribution in [1.82, 2.24) is 0 Å². The lowest BCUT2D eigenvalue weighted by Gasteiger charge is -2.47. The third-order valence-corrected chi connectivity index (χ3v) is 6.29. The molecule has 6 heteroatoms. The van der Waals surface area contributed by atoms with E-state index in [1.165, 1.54) is 6.92 Å². The van der Waals surface area contributed by atoms with Crippen molar-refractivity contribution in [1.29, 1.82) is 0 Å². The van der Waals surface area contributed by atoms with Crippen LogP contribution in [0.15, 0.2) is 11.6 Å². The van der Waals surface area contributed by atoms with Crippen LogP contribution in [-0.4, -0.2) is 47.6 Å². The largest absolute Gasteiger partial charge is 0.459 e. The monoisotopic (exact) mass is 320 g/mol. The number of fused-ring (bicyclic) bond motifs is 3. The highest BCUT2D eigenvalue weighted by atomic mass is 16.6. The van der Waals surface area contributed by atoms with Crippen LogP contribution in [0.2, 0.25) is 0 Å². The molecule has 4 rings (SSSR count). The van der Waals surface area contributed by atoms with Crippen molar-refractivity contribution in [2.45, 2.75) is 63.6 Å². The molecular weight excluding hydrogens is 300 g/mol. The maximum absolute atomic E-state index is 12.6. The molecule has 4 aliphatic rings. The minimum atomic E-state index is -1.08. The van der Waals surface area contributed by atoms with E-state index in [1.54, 1.807) is 13.0 Å². The fourth-order valence-corrected chi connectivity index (χ4v) is 4.55. The van der Waals surface area contributed by atoms with Gasteiger partial charge in [0, 0.05) is 18.3 Å². The molecule has 0 aromatic carbocycles. The van der Waals surface area contributed by atoms with E-state index in [0.717, 1.165) is 5.57 Å². The lowest BCUT2D eigenvalue weighted by molar-refractivity contribution is -0.153. The molecule has 2 saturated heterocycles. The molecular formula is C17H20O6. The molecule has 1 saturated carbocycles. The summed E-state index contributed by atoms with van der Waals surface area (Å²) >= 11 is 0. The standard InChI is InChI=1S/C17H20O6/c1-8-12(21-9(2)19)14-13(22-14)10-5-11(20)17(6-15(8,10)3)16(4,7-18)23-17/h5,7-8,12-14H,6H2,1-4H3/t8-,12+,13-,14-,15+,16-,17-/m1/s1. The summed E-state index contributed by atoms with van der Waals surface area (Å²) in [5, 5.41) is 0. The predicted octanol–water partition coefficient (Wildman–Crippen LogP) is 0.967. The van der Waals surface area contributed by atoms with Gasteiger partial charge in [0.05, 0.1) is 0 Å². The lowest BCUT2D eigenvalue weighted by Crippen LogP contribution is -2.53. The number of carbonyl (C=O) groups is 3. The molecule has 2 heterocycles. The van der Waals surface area contributed by atoms with E-state index < -0.39 is 16.6 Å². The zero-order chi connectivity index (χ0) is 16.8. The van der Waals surface area contributed by atoms with E-state index in [0.29, 0.717) is 12.7 Å². The molecule has 1 spiro atoms. The van der Waals surface area contributed by atoms with Gasteiger partial charge in [0.25, 0.3) is 0 Å². The number of epoxide rings is 2. The van der Waals surface area contributed by atoms with Crippen LogP contribution in [0.1, 0.15) is 34.1 Å². The number of rotatable bonds is 2. The highest BCUT2D eigenvalue weighted by molar-refractivity contribution is 6.06. The van der Waals surface area contributed by atoms with Crippen LogP contribution in [0.5, 0.6) is 0 Å². The molecule has 0 N–H and O–H groups in total. The molecule has 0 radical (unpaired) electrons. The minimum absolute atomic E-state index is 0.0357. The summed E-state index contributed by atoms with van der Waals surface area (Å²) in [5.41, 5.74) is -1.61. The molecule has 6 nitrogen and oxygen atoms in total. The molecule has 124 valence electrons. The second-order valence-corrected chi connectivity index (χ2v) is 7.60. The molecule has 23 heavy (non-hydrogen) atoms. The summed E-state index contributed by atoms with van der Waals surface area (Å²) in [6.45, 7) is 7.08. The molecule has 2 aliphatic heterocycles. The van der Waals surface area contributed by atoms with Gasteiger partial charge >= 0.3 is 5.97 Å². The lowest BCUT2D eigenvalue weighted by atomic mass is 9.56. The summed E-state index contributed by atoms with van der Waals surface area (Å²) in [7, 11) is 0. The quantitative estimate of drug-likeness (QED) is 0.428. The Hall–Kier alpha value is -1.53. The second-order valence-electron chi connectivity index (χ2n) is 7.60. The van der Waals surface area contributed by atoms with Gasteiger partial charge in [-0.15, -0.1) is 0 Å². The van der Waals surface area contributed by atoms with Gasteiger partial charge in [-0.1, -0.05) is 13.8 Å². The first-order valence-electron chi connectivity index (χ1n) is 7.94. The van der Waals surface area contributed by atoms with Crippen LogP contribution in [0.4, 0.5) is 0 Å². The zero-order valence-corrected chi connectivity index (χ0v) is 13.6. The molecule has 0 aromatic heterocycles. The van der Waals surface area contributed by atoms with E-state index in [9.17, 15) is 14.4 Å². The minimum Gasteiger partial charge on any atom is -0.459 e. The van der Waals surface area contributed by atoms with E-state index in [4.69, 9.17) is 14.2 Å². The topological polar surface area (TPSA) is 85.5 Å². The molecule has 7 atom stereocenters. The van der Waals surface area contributed by atoms with Gasteiger partial charge in [-0.25, -0.2) is 0 Å². The molecule has 3 fully saturated rings. The molecule has 2 aliphatic carbocycles. The third kappa shape index (κ3) is 1.68. The molecule has 0 aromatic rings. The van der Waals surface area contributed by atoms with E-state index in [1.807, 2.05) is 13.8 Å². The van der Waals surface area contributed by atoms with Gasteiger partial charge in [0.1, 0.15) is 18.3 Å². The van der Waals surface area contributed by atoms with Crippen LogP contribution in [0.25, 0.3) is 0 Å². The SMILES string of the molecule is CC(=O)O[C@@H]1[C@H]2O[C@@H]2C2=CC(=O)[C@@]3(C[C@@]2(C)[C@@H]1C)O[C@]3(C)C=O. The Labute approximate surface area is 134 Å². The van der Waals surface area contributed by atoms with E-state index >= 15 is 0 Å². The second kappa shape index (κ2) is 4.11. The number of hydrogen-bond acceptors (Lipinski definition) is 6. The number of carbonyl (C=O) groups excluding carboxylic acids is 3. The first-order valence-corrected chi connectivity index (χ1v) is 7.94. The fraction of sp³-hybridized carbons (Fsp3) is 0.706. The van der Waals surface area contributed by atoms with Crippen molar-refractivity contribution >= 4 is 18.0 Å². The third-order valence-electron chi connectivity index (χ3n) is 6.29. The highest BCUT2D eigenvalue weighted by Gasteiger charge is 2.77. The summed E-state index contributed by atoms with van der Waals surface area (Å²) in [6, 6.07) is 0. The summed E-state index contributed by atoms with van der Waals surface area (Å²) in [5.74, 6) is -0.535. The highest BCUT2D eigenvalue weighted by Crippen LogP contribution is 2.65. The maximum Gasteiger partial charge on any atom is 0.303 e. The molecule has 0 amide bonds. The number of ketones is 1. The Morgan fingerprint density at radius 3 is 2.70 bits per heavy atom. The Morgan fingerprint density at radius 1 is 1.43 bits per heavy atom. The van der Waals surface area contributed by atoms with Crippen LogP contribution >= 0.6 is 0 Å². The van der Waals surface area contributed by atoms with Crippen LogP contribution in [0, 0.1) is 11.3 Å². The van der Waals surface area contributed by atoms with Crippen LogP contribution < -0.4 is 0 Å². The molecule has 0 unspecified atom stereocenters. The summed E-state index contributed by atoms with van der Waals surface area (Å²) in [4.78, 5) is 35.3. The van der Waals surface area contributed by atoms with Crippen molar-refractivity contribution in [3.05, 3.63) is 11.6 Å². The smallest absolute Gasteiger partial charge is 0.303 e. The average molecular weight is 320 g/mol. The van der Waals surface area contributed by atoms with Crippen molar-refractivity contribution in [2.24, 2.45) is 11.3 Å². The predicted molar refractivity (Wildman–Crippen MR) is 77.5 cm³/mol. The van der Waals surface area contributed by atoms with Gasteiger partial charge in [0.15, 0.2) is 23.3 Å². The Kier molecular flexibility index (Phi) is 2.68. The maximum atomic E-state index is 12.6. The van der Waals surface area contributed by atoms with Gasteiger partial charge in [-0.2, -0.15) is 0 Å². The van der Waals surface area contributed by atoms with E-state index in [2.05, 4.69) is 0 Å². The number of ether oxygens (including phenoxy) is 3. The number of esters is 1. The fourth-order valence-electron chi connectivity index (χ4n) is 4.55. The van der Waals surface area contributed by atoms with Gasteiger partial charge < -0.3 is 19.0 Å². The van der Waals surface area contributed by atoms with Gasteiger partial charge in [-0.05, 0) is 25.0 Å². The Bertz CT molecular complexity index is 668. The van der Waals surface area contributed by atoms with Crippen molar-refractivity contribution in [3.63, 3.8) is 0 Å². The number of hydrogen-bond donors (Lipinski definition) is 0. The number of aldehydes is 1. The van der Waals surface area contributed by atoms with Gasteiger partial charge in [-0.3, -0.25) is 9.59 Å². The zero-order valence-electron chi connectivity index (χ0n) is 13.6. The summed E-state index contributed by atoms with van der Waals surface area (Å²) < 4.78 is 16.8.